The number of aromatic hydroxyl groups is 2. The zero-order valence-electron chi connectivity index (χ0n) is 17.8. The summed E-state index contributed by atoms with van der Waals surface area (Å²) in [7, 11) is 3.09. The van der Waals surface area contributed by atoms with E-state index >= 15 is 0 Å². The molecule has 0 saturated carbocycles. The molecule has 0 saturated heterocycles. The van der Waals surface area contributed by atoms with Gasteiger partial charge in [0, 0.05) is 26.1 Å². The molecule has 0 aliphatic carbocycles. The Labute approximate surface area is 183 Å². The normalized spacial score (nSPS) is 11.0. The van der Waals surface area contributed by atoms with Gasteiger partial charge >= 0.3 is 6.18 Å². The van der Waals surface area contributed by atoms with Crippen molar-refractivity contribution in [2.45, 2.75) is 25.7 Å². The van der Waals surface area contributed by atoms with Crippen LogP contribution < -0.4 is 20.3 Å². The Morgan fingerprint density at radius 1 is 1.00 bits per heavy atom. The summed E-state index contributed by atoms with van der Waals surface area (Å²) in [4.78, 5) is 11.1. The highest BCUT2D eigenvalue weighted by molar-refractivity contribution is 5.70. The number of ether oxygens (including phenoxy) is 2. The first kappa shape index (κ1) is 26.9. The summed E-state index contributed by atoms with van der Waals surface area (Å²) in [5, 5.41) is 28.3. The number of carboxylic acids is 1. The van der Waals surface area contributed by atoms with Crippen molar-refractivity contribution in [2.24, 2.45) is 0 Å². The second-order valence-corrected chi connectivity index (χ2v) is 6.72. The lowest BCUT2D eigenvalue weighted by Crippen LogP contribution is -2.51. The number of carbonyl (C=O) groups excluding carboxylic acids is 1. The molecule has 2 aromatic carbocycles. The number of alkyl halides is 3. The van der Waals surface area contributed by atoms with Gasteiger partial charge in [-0.25, -0.2) is 0 Å². The number of carboxylic acid groups (broad SMARTS) is 1. The third kappa shape index (κ3) is 8.90. The quantitative estimate of drug-likeness (QED) is 0.510. The van der Waals surface area contributed by atoms with Gasteiger partial charge in [0.15, 0.2) is 23.0 Å². The number of phenols is 2. The van der Waals surface area contributed by atoms with Gasteiger partial charge in [0.25, 0.3) is 0 Å². The second-order valence-electron chi connectivity index (χ2n) is 6.72. The summed E-state index contributed by atoms with van der Waals surface area (Å²) in [6.07, 6.45) is -4.20. The number of methoxy groups -OCH3 is 2. The van der Waals surface area contributed by atoms with Crippen molar-refractivity contribution < 1.29 is 48.5 Å². The van der Waals surface area contributed by atoms with Gasteiger partial charge in [0.05, 0.1) is 20.8 Å². The first-order valence-corrected chi connectivity index (χ1v) is 9.53. The molecule has 0 aromatic heterocycles. The fourth-order valence-corrected chi connectivity index (χ4v) is 2.71. The van der Waals surface area contributed by atoms with Crippen molar-refractivity contribution >= 4 is 5.97 Å². The van der Waals surface area contributed by atoms with Crippen LogP contribution in [0.3, 0.4) is 0 Å². The van der Waals surface area contributed by atoms with Gasteiger partial charge in [-0.15, -0.1) is 0 Å². The first-order chi connectivity index (χ1) is 15.0. The van der Waals surface area contributed by atoms with Gasteiger partial charge < -0.3 is 35.3 Å². The number of phenolic OH excluding ortho intramolecular Hbond substituents is 2. The SMILES string of the molecule is COc1cc(CN(CCC[NH3+])Cc2ccc(O)c(OC)c2)ccc1O.O=C([O-])C(F)(F)F. The predicted molar refractivity (Wildman–Crippen MR) is 107 cm³/mol. The molecule has 0 aliphatic rings. The van der Waals surface area contributed by atoms with Crippen molar-refractivity contribution in [3.05, 3.63) is 47.5 Å². The van der Waals surface area contributed by atoms with Gasteiger partial charge in [0.1, 0.15) is 5.97 Å². The second kappa shape index (κ2) is 12.6. The van der Waals surface area contributed by atoms with E-state index in [0.29, 0.717) is 11.5 Å². The standard InChI is InChI=1S/C19H26N2O4.C2HF3O2/c1-24-18-10-14(4-6-16(18)22)12-21(9-3-8-20)13-15-5-7-17(23)19(11-15)25-2;3-2(4,5)1(6)7/h4-7,10-11,22-23H,3,8-9,12-13,20H2,1-2H3;(H,6,7). The molecule has 0 amide bonds. The number of aliphatic carboxylic acids is 1. The maximum atomic E-state index is 10.5. The Morgan fingerprint density at radius 2 is 1.41 bits per heavy atom. The topological polar surface area (TPSA) is 130 Å². The smallest absolute Gasteiger partial charge is 0.430 e. The molecule has 2 aromatic rings. The lowest BCUT2D eigenvalue weighted by atomic mass is 10.1. The fourth-order valence-electron chi connectivity index (χ4n) is 2.71. The van der Waals surface area contributed by atoms with Crippen molar-refractivity contribution in [3.63, 3.8) is 0 Å². The third-order valence-electron chi connectivity index (χ3n) is 4.26. The highest BCUT2D eigenvalue weighted by Crippen LogP contribution is 2.29. The number of rotatable bonds is 9. The summed E-state index contributed by atoms with van der Waals surface area (Å²) in [5.41, 5.74) is 6.04. The Morgan fingerprint density at radius 3 is 1.72 bits per heavy atom. The van der Waals surface area contributed by atoms with Gasteiger partial charge in [0.2, 0.25) is 0 Å². The number of halogens is 3. The molecule has 0 aliphatic heterocycles. The zero-order valence-corrected chi connectivity index (χ0v) is 17.8. The van der Waals surface area contributed by atoms with Crippen LogP contribution in [-0.4, -0.2) is 54.6 Å². The average molecular weight is 460 g/mol. The lowest BCUT2D eigenvalue weighted by molar-refractivity contribution is -0.368. The number of quaternary nitrogens is 1. The Hall–Kier alpha value is -3.18. The predicted octanol–water partition coefficient (Wildman–Crippen LogP) is 1.05. The third-order valence-corrected chi connectivity index (χ3v) is 4.26. The number of hydrogen-bond donors (Lipinski definition) is 3. The monoisotopic (exact) mass is 460 g/mol. The Kier molecular flexibility index (Phi) is 10.6. The van der Waals surface area contributed by atoms with E-state index in [-0.39, 0.29) is 11.5 Å². The molecule has 0 spiro atoms. The van der Waals surface area contributed by atoms with E-state index in [4.69, 9.17) is 19.4 Å². The van der Waals surface area contributed by atoms with E-state index in [1.54, 1.807) is 26.4 Å². The van der Waals surface area contributed by atoms with E-state index in [9.17, 15) is 23.4 Å². The summed E-state index contributed by atoms with van der Waals surface area (Å²) in [6.45, 7) is 3.21. The molecule has 0 fully saturated rings. The maximum absolute atomic E-state index is 10.5. The molecule has 0 heterocycles. The van der Waals surface area contributed by atoms with E-state index in [1.165, 1.54) is 0 Å². The minimum absolute atomic E-state index is 0.138. The fraction of sp³-hybridized carbons (Fsp3) is 0.381. The van der Waals surface area contributed by atoms with Crippen LogP contribution in [0.25, 0.3) is 0 Å². The number of nitrogens with zero attached hydrogens (tertiary/aromatic N) is 1. The molecule has 8 nitrogen and oxygen atoms in total. The van der Waals surface area contributed by atoms with E-state index in [1.807, 2.05) is 24.3 Å². The summed E-state index contributed by atoms with van der Waals surface area (Å²) < 4.78 is 41.9. The molecule has 0 bridgehead atoms. The molecular formula is C21H27F3N2O6. The number of benzene rings is 2. The van der Waals surface area contributed by atoms with E-state index in [2.05, 4.69) is 10.6 Å². The number of carbonyl (C=O) groups is 1. The molecule has 0 atom stereocenters. The summed E-state index contributed by atoms with van der Waals surface area (Å²) >= 11 is 0. The summed E-state index contributed by atoms with van der Waals surface area (Å²) in [6, 6.07) is 10.8. The summed E-state index contributed by atoms with van der Waals surface area (Å²) in [5.74, 6) is -1.79. The first-order valence-electron chi connectivity index (χ1n) is 9.53. The van der Waals surface area contributed by atoms with E-state index in [0.717, 1.165) is 43.7 Å². The highest BCUT2D eigenvalue weighted by atomic mass is 19.4. The van der Waals surface area contributed by atoms with Gasteiger partial charge in [-0.3, -0.25) is 4.90 Å². The zero-order chi connectivity index (χ0) is 24.3. The molecule has 5 N–H and O–H groups in total. The van der Waals surface area contributed by atoms with Gasteiger partial charge in [-0.2, -0.15) is 13.2 Å². The van der Waals surface area contributed by atoms with Crippen LogP contribution in [0.2, 0.25) is 0 Å². The van der Waals surface area contributed by atoms with Crippen molar-refractivity contribution in [3.8, 4) is 23.0 Å². The van der Waals surface area contributed by atoms with Crippen LogP contribution in [-0.2, 0) is 17.9 Å². The van der Waals surface area contributed by atoms with Crippen LogP contribution in [0.5, 0.6) is 23.0 Å². The number of hydrogen-bond acceptors (Lipinski definition) is 7. The molecule has 0 unspecified atom stereocenters. The van der Waals surface area contributed by atoms with Crippen molar-refractivity contribution in [1.82, 2.24) is 4.90 Å². The van der Waals surface area contributed by atoms with Crippen LogP contribution in [0, 0.1) is 0 Å². The molecule has 32 heavy (non-hydrogen) atoms. The van der Waals surface area contributed by atoms with E-state index < -0.39 is 12.1 Å². The van der Waals surface area contributed by atoms with Crippen LogP contribution in [0.15, 0.2) is 36.4 Å². The largest absolute Gasteiger partial charge is 0.542 e. The molecule has 11 heteroatoms. The van der Waals surface area contributed by atoms with Gasteiger partial charge in [-0.1, -0.05) is 12.1 Å². The molecule has 2 rings (SSSR count). The Balaban J connectivity index is 0.000000633. The molecule has 178 valence electrons. The Bertz CT molecular complexity index is 822. The molecular weight excluding hydrogens is 433 g/mol. The lowest BCUT2D eigenvalue weighted by Gasteiger charge is -2.23. The minimum Gasteiger partial charge on any atom is -0.542 e. The minimum atomic E-state index is -5.19. The average Bonchev–Trinajstić information content (AvgIpc) is 2.74. The molecule has 0 radical (unpaired) electrons. The highest BCUT2D eigenvalue weighted by Gasteiger charge is 2.28. The maximum Gasteiger partial charge on any atom is 0.430 e. The van der Waals surface area contributed by atoms with Crippen molar-refractivity contribution in [2.75, 3.05) is 27.3 Å². The van der Waals surface area contributed by atoms with Gasteiger partial charge in [-0.05, 0) is 35.4 Å². The van der Waals surface area contributed by atoms with Crippen LogP contribution >= 0.6 is 0 Å². The van der Waals surface area contributed by atoms with Crippen LogP contribution in [0.1, 0.15) is 17.5 Å². The van der Waals surface area contributed by atoms with Crippen molar-refractivity contribution in [1.29, 1.82) is 0 Å². The van der Waals surface area contributed by atoms with Crippen LogP contribution in [0.4, 0.5) is 13.2 Å².